The Labute approximate surface area is 93.8 Å². The molecule has 2 aromatic rings. The monoisotopic (exact) mass is 214 g/mol. The van der Waals surface area contributed by atoms with E-state index in [1.165, 1.54) is 12.1 Å². The molecule has 16 heavy (non-hydrogen) atoms. The summed E-state index contributed by atoms with van der Waals surface area (Å²) in [5.74, 6) is -0.114. The second-order valence-corrected chi connectivity index (χ2v) is 3.51. The Kier molecular flexibility index (Phi) is 2.94. The van der Waals surface area contributed by atoms with Gasteiger partial charge in [-0.05, 0) is 17.2 Å². The summed E-state index contributed by atoms with van der Waals surface area (Å²) in [5.41, 5.74) is 1.92. The molecule has 0 aromatic heterocycles. The fraction of sp³-hybridized carbons (Fsp3) is 0. The average molecular weight is 214 g/mol. The molecule has 0 aliphatic carbocycles. The van der Waals surface area contributed by atoms with Crippen molar-refractivity contribution in [1.29, 1.82) is 0 Å². The molecule has 0 amide bonds. The normalized spacial score (nSPS) is 10.1. The summed E-state index contributed by atoms with van der Waals surface area (Å²) < 4.78 is 0. The van der Waals surface area contributed by atoms with E-state index >= 15 is 0 Å². The maximum atomic E-state index is 9.60. The molecule has 0 aliphatic rings. The number of phenolic OH excluding ortho intramolecular Hbond substituents is 1. The summed E-state index contributed by atoms with van der Waals surface area (Å²) >= 11 is 0. The standard InChI is InChI=1S/C12H11BO3/c14-12-8-10(6-7-11(12)13(15)16)9-4-2-1-3-5-9/h1-8,14-16H. The SMILES string of the molecule is OB(O)c1ccc(-c2ccccc2)cc1O. The topological polar surface area (TPSA) is 60.7 Å². The first-order valence-electron chi connectivity index (χ1n) is 4.93. The molecule has 0 heterocycles. The van der Waals surface area contributed by atoms with Crippen molar-refractivity contribution < 1.29 is 15.2 Å². The van der Waals surface area contributed by atoms with E-state index in [0.717, 1.165) is 11.1 Å². The second-order valence-electron chi connectivity index (χ2n) is 3.51. The van der Waals surface area contributed by atoms with Crippen molar-refractivity contribution in [2.75, 3.05) is 0 Å². The molecule has 4 heteroatoms. The van der Waals surface area contributed by atoms with Gasteiger partial charge in [0, 0.05) is 5.46 Å². The van der Waals surface area contributed by atoms with E-state index in [-0.39, 0.29) is 11.2 Å². The van der Waals surface area contributed by atoms with E-state index in [1.807, 2.05) is 30.3 Å². The summed E-state index contributed by atoms with van der Waals surface area (Å²) in [6.07, 6.45) is 0. The van der Waals surface area contributed by atoms with Crippen LogP contribution in [0.15, 0.2) is 48.5 Å². The lowest BCUT2D eigenvalue weighted by Crippen LogP contribution is -2.29. The van der Waals surface area contributed by atoms with Crippen molar-refractivity contribution in [2.24, 2.45) is 0 Å². The molecule has 0 unspecified atom stereocenters. The second kappa shape index (κ2) is 4.39. The molecule has 0 saturated heterocycles. The summed E-state index contributed by atoms with van der Waals surface area (Å²) in [6, 6.07) is 14.3. The number of phenols is 1. The highest BCUT2D eigenvalue weighted by Gasteiger charge is 2.15. The smallest absolute Gasteiger partial charge is 0.492 e. The fourth-order valence-corrected chi connectivity index (χ4v) is 1.57. The fourth-order valence-electron chi connectivity index (χ4n) is 1.57. The summed E-state index contributed by atoms with van der Waals surface area (Å²) in [7, 11) is -1.65. The maximum Gasteiger partial charge on any atom is 0.492 e. The Morgan fingerprint density at radius 3 is 2.06 bits per heavy atom. The third-order valence-electron chi connectivity index (χ3n) is 2.42. The van der Waals surface area contributed by atoms with Gasteiger partial charge in [0.2, 0.25) is 0 Å². The van der Waals surface area contributed by atoms with E-state index in [0.29, 0.717) is 0 Å². The number of benzene rings is 2. The van der Waals surface area contributed by atoms with Crippen molar-refractivity contribution in [2.45, 2.75) is 0 Å². The Bertz CT molecular complexity index is 483. The molecule has 3 nitrogen and oxygen atoms in total. The van der Waals surface area contributed by atoms with E-state index in [1.54, 1.807) is 6.07 Å². The Hall–Kier alpha value is -1.78. The van der Waals surface area contributed by atoms with Crippen LogP contribution in [0.2, 0.25) is 0 Å². The quantitative estimate of drug-likeness (QED) is 0.646. The van der Waals surface area contributed by atoms with Crippen molar-refractivity contribution in [1.82, 2.24) is 0 Å². The lowest BCUT2D eigenvalue weighted by atomic mass is 9.79. The predicted molar refractivity (Wildman–Crippen MR) is 63.4 cm³/mol. The van der Waals surface area contributed by atoms with Crippen LogP contribution in [0.5, 0.6) is 5.75 Å². The van der Waals surface area contributed by atoms with Crippen LogP contribution in [0.4, 0.5) is 0 Å². The predicted octanol–water partition coefficient (Wildman–Crippen LogP) is 0.739. The zero-order valence-corrected chi connectivity index (χ0v) is 8.54. The minimum absolute atomic E-state index is 0.111. The summed E-state index contributed by atoms with van der Waals surface area (Å²) in [6.45, 7) is 0. The van der Waals surface area contributed by atoms with Crippen LogP contribution in [0.1, 0.15) is 0 Å². The average Bonchev–Trinajstić information content (AvgIpc) is 2.29. The van der Waals surface area contributed by atoms with E-state index in [2.05, 4.69) is 0 Å². The zero-order chi connectivity index (χ0) is 11.5. The van der Waals surface area contributed by atoms with Crippen LogP contribution < -0.4 is 5.46 Å². The molecule has 0 atom stereocenters. The maximum absolute atomic E-state index is 9.60. The molecule has 0 aliphatic heterocycles. The van der Waals surface area contributed by atoms with Gasteiger partial charge in [-0.1, -0.05) is 42.5 Å². The van der Waals surface area contributed by atoms with Crippen LogP contribution in [-0.2, 0) is 0 Å². The van der Waals surface area contributed by atoms with Gasteiger partial charge >= 0.3 is 7.12 Å². The molecule has 2 rings (SSSR count). The lowest BCUT2D eigenvalue weighted by Gasteiger charge is -2.06. The molecule has 80 valence electrons. The van der Waals surface area contributed by atoms with Crippen LogP contribution >= 0.6 is 0 Å². The summed E-state index contributed by atoms with van der Waals surface area (Å²) in [4.78, 5) is 0. The molecule has 3 N–H and O–H groups in total. The molecular formula is C12H11BO3. The first-order chi connectivity index (χ1) is 7.68. The first-order valence-corrected chi connectivity index (χ1v) is 4.93. The first kappa shape index (κ1) is 10.7. The van der Waals surface area contributed by atoms with Gasteiger partial charge in [-0.2, -0.15) is 0 Å². The minimum atomic E-state index is -1.65. The number of aromatic hydroxyl groups is 1. The highest BCUT2D eigenvalue weighted by atomic mass is 16.4. The minimum Gasteiger partial charge on any atom is -0.508 e. The molecule has 0 bridgehead atoms. The highest BCUT2D eigenvalue weighted by molar-refractivity contribution is 6.59. The van der Waals surface area contributed by atoms with Crippen LogP contribution in [0.25, 0.3) is 11.1 Å². The van der Waals surface area contributed by atoms with Gasteiger partial charge in [0.15, 0.2) is 0 Å². The molecular weight excluding hydrogens is 203 g/mol. The van der Waals surface area contributed by atoms with Crippen molar-refractivity contribution >= 4 is 12.6 Å². The van der Waals surface area contributed by atoms with Gasteiger partial charge < -0.3 is 15.2 Å². The van der Waals surface area contributed by atoms with Gasteiger partial charge in [0.1, 0.15) is 5.75 Å². The van der Waals surface area contributed by atoms with Crippen LogP contribution in [-0.4, -0.2) is 22.3 Å². The van der Waals surface area contributed by atoms with Crippen LogP contribution in [0.3, 0.4) is 0 Å². The lowest BCUT2D eigenvalue weighted by molar-refractivity contribution is 0.419. The van der Waals surface area contributed by atoms with Crippen molar-refractivity contribution in [3.8, 4) is 16.9 Å². The van der Waals surface area contributed by atoms with Gasteiger partial charge in [0.25, 0.3) is 0 Å². The Balaban J connectivity index is 2.43. The number of hydrogen-bond donors (Lipinski definition) is 3. The molecule has 0 radical (unpaired) electrons. The number of hydrogen-bond acceptors (Lipinski definition) is 3. The van der Waals surface area contributed by atoms with Gasteiger partial charge in [-0.15, -0.1) is 0 Å². The third-order valence-corrected chi connectivity index (χ3v) is 2.42. The molecule has 0 spiro atoms. The largest absolute Gasteiger partial charge is 0.508 e. The highest BCUT2D eigenvalue weighted by Crippen LogP contribution is 2.21. The van der Waals surface area contributed by atoms with E-state index in [4.69, 9.17) is 10.0 Å². The van der Waals surface area contributed by atoms with Gasteiger partial charge in [-0.25, -0.2) is 0 Å². The van der Waals surface area contributed by atoms with Crippen LogP contribution in [0, 0.1) is 0 Å². The van der Waals surface area contributed by atoms with Gasteiger partial charge in [-0.3, -0.25) is 0 Å². The molecule has 0 fully saturated rings. The summed E-state index contributed by atoms with van der Waals surface area (Å²) in [5, 5.41) is 27.5. The Morgan fingerprint density at radius 2 is 1.50 bits per heavy atom. The van der Waals surface area contributed by atoms with E-state index in [9.17, 15) is 5.11 Å². The number of rotatable bonds is 2. The van der Waals surface area contributed by atoms with Gasteiger partial charge in [0.05, 0.1) is 0 Å². The van der Waals surface area contributed by atoms with Crippen molar-refractivity contribution in [3.63, 3.8) is 0 Å². The molecule has 2 aromatic carbocycles. The third kappa shape index (κ3) is 2.08. The van der Waals surface area contributed by atoms with Crippen molar-refractivity contribution in [3.05, 3.63) is 48.5 Å². The zero-order valence-electron chi connectivity index (χ0n) is 8.54. The Morgan fingerprint density at radius 1 is 0.812 bits per heavy atom. The molecule has 0 saturated carbocycles. The van der Waals surface area contributed by atoms with E-state index < -0.39 is 7.12 Å².